The van der Waals surface area contributed by atoms with Crippen LogP contribution in [0, 0.1) is 41.5 Å². The Balaban J connectivity index is 0.00000492. The van der Waals surface area contributed by atoms with Crippen molar-refractivity contribution in [3.8, 4) is 0 Å². The number of fused-ring (bicyclic) bond motifs is 2. The number of nitrogens with two attached hydrogens (primary N) is 1. The Morgan fingerprint density at radius 1 is 0.500 bits per heavy atom. The van der Waals surface area contributed by atoms with Gasteiger partial charge in [-0.1, -0.05) is 55.0 Å². The number of benzene rings is 4. The summed E-state index contributed by atoms with van der Waals surface area (Å²) in [6.07, 6.45) is 11.5. The smallest absolute Gasteiger partial charge is 0.323 e. The van der Waals surface area contributed by atoms with Crippen molar-refractivity contribution in [3.05, 3.63) is 174 Å². The summed E-state index contributed by atoms with van der Waals surface area (Å²) < 4.78 is 115. The quantitative estimate of drug-likeness (QED) is 0.0227. The van der Waals surface area contributed by atoms with Crippen LogP contribution in [0.3, 0.4) is 0 Å². The third kappa shape index (κ3) is 35.5. The normalized spacial score (nSPS) is 11.9. The zero-order valence-electron chi connectivity index (χ0n) is 76.3. The van der Waals surface area contributed by atoms with Gasteiger partial charge in [0.2, 0.25) is 66.3 Å². The highest BCUT2D eigenvalue weighted by atomic mass is 32.2. The molecule has 0 saturated heterocycles. The number of sulfonamides is 2. The Morgan fingerprint density at radius 2 is 0.823 bits per heavy atom. The molecule has 0 aliphatic heterocycles. The summed E-state index contributed by atoms with van der Waals surface area (Å²) in [6.45, 7) is 12.4. The second kappa shape index (κ2) is 56.1. The number of nitrogens with one attached hydrogen (secondary N) is 14. The number of carbonyl (C=O) groups excluding carboxylic acids is 8. The number of halogens is 3. The highest BCUT2D eigenvalue weighted by molar-refractivity contribution is 7.90. The third-order valence-electron chi connectivity index (χ3n) is 19.7. The summed E-state index contributed by atoms with van der Waals surface area (Å²) >= 11 is 0. The first-order valence-electron chi connectivity index (χ1n) is 42.8. The molecule has 44 heteroatoms. The lowest BCUT2D eigenvalue weighted by molar-refractivity contribution is -0.139. The van der Waals surface area contributed by atoms with Gasteiger partial charge in [0, 0.05) is 188 Å². The van der Waals surface area contributed by atoms with Crippen molar-refractivity contribution in [2.24, 2.45) is 5.73 Å². The number of ether oxygens (including phenoxy) is 2. The number of carboxylic acid groups (broad SMARTS) is 2. The summed E-state index contributed by atoms with van der Waals surface area (Å²) in [7, 11) is -7.74. The number of aromatic amines is 2. The average Bonchev–Trinajstić information content (AvgIpc) is 1.08. The first kappa shape index (κ1) is 106. The zero-order chi connectivity index (χ0) is 98.0. The molecule has 4 heterocycles. The molecule has 0 saturated carbocycles. The third-order valence-corrected chi connectivity index (χ3v) is 23.2. The second-order valence-electron chi connectivity index (χ2n) is 29.8. The maximum atomic E-state index is 13.9. The van der Waals surface area contributed by atoms with Gasteiger partial charge < -0.3 is 97.7 Å². The SMILES string of the molecule is C.CF.CF.Cc1cc(C)c(S(=O)(=O)N[C@@H](CNC(=O)c2cn(CCCNC(=O)CCC(=O)NCCCOCCCNC(=O)CCC(N)C(=O)NCCCOCCCNC(=O)CCC(=O)NCCCn3cc(C(=O)NC[C@H](NS(=O)(=O)c4c(C)cc(C)cc4C)C(=O)O)c(=O)c4ccc(CNc5ncc[nH]5)cc43)c3cc(CNc4ncc[nH]4)ccc3c2=O)C(=O)O)c(C)c1.[3H]F.[3H][3H]. The first-order chi connectivity index (χ1) is 63.2. The number of aryl methyl sites for hydroxylation is 8. The van der Waals surface area contributed by atoms with E-state index in [-0.39, 0.29) is 146 Å². The molecule has 0 aliphatic carbocycles. The van der Waals surface area contributed by atoms with Crippen molar-refractivity contribution in [2.75, 3.05) is 104 Å². The predicted octanol–water partition coefficient (Wildman–Crippen LogP) is 4.81. The summed E-state index contributed by atoms with van der Waals surface area (Å²) in [5.41, 5.74) is 9.77. The molecule has 3 atom stereocenters. The van der Waals surface area contributed by atoms with Crippen LogP contribution in [0.25, 0.3) is 21.8 Å². The summed E-state index contributed by atoms with van der Waals surface area (Å²) in [5.74, 6) is -6.14. The number of rotatable bonds is 54. The van der Waals surface area contributed by atoms with Gasteiger partial charge in [0.1, 0.15) is 23.2 Å². The van der Waals surface area contributed by atoms with Crippen LogP contribution in [-0.2, 0) is 94.1 Å². The van der Waals surface area contributed by atoms with Gasteiger partial charge in [-0.25, -0.2) is 26.8 Å². The van der Waals surface area contributed by atoms with Gasteiger partial charge in [0.15, 0.2) is 11.9 Å². The van der Waals surface area contributed by atoms with Crippen molar-refractivity contribution >= 4 is 113 Å². The number of carboxylic acids is 2. The van der Waals surface area contributed by atoms with Gasteiger partial charge in [-0.15, -0.1) is 0 Å². The van der Waals surface area contributed by atoms with E-state index >= 15 is 0 Å². The van der Waals surface area contributed by atoms with E-state index in [9.17, 15) is 93.4 Å². The van der Waals surface area contributed by atoms with Gasteiger partial charge in [-0.05, 0) is 144 Å². The van der Waals surface area contributed by atoms with Gasteiger partial charge in [0.05, 0.1) is 41.2 Å². The fourth-order valence-electron chi connectivity index (χ4n) is 13.7. The number of carbonyl (C=O) groups is 10. The predicted molar refractivity (Wildman–Crippen MR) is 486 cm³/mol. The van der Waals surface area contributed by atoms with E-state index < -0.39 is 91.8 Å². The molecule has 0 bridgehead atoms. The number of pyridine rings is 2. The molecule has 0 radical (unpaired) electrons. The van der Waals surface area contributed by atoms with Crippen LogP contribution in [0.1, 0.15) is 153 Å². The lowest BCUT2D eigenvalue weighted by Gasteiger charge is -2.19. The van der Waals surface area contributed by atoms with Crippen molar-refractivity contribution in [1.82, 2.24) is 81.0 Å². The molecule has 130 heavy (non-hydrogen) atoms. The highest BCUT2D eigenvalue weighted by Crippen LogP contribution is 2.25. The molecular formula is C86H124F3N19O20S2. The number of amides is 8. The van der Waals surface area contributed by atoms with Crippen LogP contribution < -0.4 is 79.2 Å². The Kier molecular flexibility index (Phi) is 45.8. The van der Waals surface area contributed by atoms with E-state index in [0.717, 1.165) is 22.3 Å². The minimum absolute atomic E-state index is 0. The number of alkyl halides is 2. The minimum atomic E-state index is -4.37. The second-order valence-corrected chi connectivity index (χ2v) is 33.1. The Labute approximate surface area is 756 Å². The van der Waals surface area contributed by atoms with E-state index in [4.69, 9.17) is 22.9 Å². The van der Waals surface area contributed by atoms with Gasteiger partial charge in [-0.3, -0.25) is 71.0 Å². The van der Waals surface area contributed by atoms with Crippen LogP contribution in [0.4, 0.5) is 25.4 Å². The minimum Gasteiger partial charge on any atom is -0.480 e. The largest absolute Gasteiger partial charge is 0.480 e. The maximum Gasteiger partial charge on any atom is 0.323 e. The maximum absolute atomic E-state index is 13.9. The molecule has 8 rings (SSSR count). The molecule has 8 aromatic rings. The molecule has 18 N–H and O–H groups in total. The molecule has 716 valence electrons. The number of nitrogens with zero attached hydrogens (tertiary/aromatic N) is 4. The van der Waals surface area contributed by atoms with Crippen molar-refractivity contribution in [2.45, 2.75) is 180 Å². The zero-order valence-corrected chi connectivity index (χ0v) is 75.0. The molecule has 0 spiro atoms. The lowest BCUT2D eigenvalue weighted by Crippen LogP contribution is -2.49. The first-order valence-corrected chi connectivity index (χ1v) is 44.4. The van der Waals surface area contributed by atoms with E-state index in [0.29, 0.717) is 151 Å². The number of anilines is 2. The van der Waals surface area contributed by atoms with Crippen LogP contribution in [0.15, 0.2) is 117 Å². The Hall–Kier alpha value is -12.5. The van der Waals surface area contributed by atoms with E-state index in [1.807, 2.05) is 0 Å². The Bertz CT molecular complexity index is 5450. The number of aliphatic carboxylic acids is 2. The van der Waals surface area contributed by atoms with Crippen molar-refractivity contribution < 1.29 is 101 Å². The van der Waals surface area contributed by atoms with Gasteiger partial charge in [0.25, 0.3) is 13.3 Å². The molecule has 0 fully saturated rings. The summed E-state index contributed by atoms with van der Waals surface area (Å²) in [4.78, 5) is 170. The van der Waals surface area contributed by atoms with Crippen LogP contribution in [0.2, 0.25) is 0 Å². The number of hydrogen-bond acceptors (Lipinski definition) is 23. The Morgan fingerprint density at radius 3 is 1.15 bits per heavy atom. The van der Waals surface area contributed by atoms with E-state index in [1.54, 1.807) is 136 Å². The van der Waals surface area contributed by atoms with Crippen LogP contribution in [0.5, 0.6) is 0 Å². The van der Waals surface area contributed by atoms with E-state index in [1.165, 1.54) is 12.4 Å². The van der Waals surface area contributed by atoms with Gasteiger partial charge >= 0.3 is 11.9 Å². The molecule has 4 aromatic carbocycles. The lowest BCUT2D eigenvalue weighted by atomic mass is 10.1. The van der Waals surface area contributed by atoms with E-state index in [2.05, 4.69) is 84.0 Å². The average molecular weight is 1870 g/mol. The fourth-order valence-corrected chi connectivity index (χ4v) is 17.0. The van der Waals surface area contributed by atoms with Crippen LogP contribution >= 0.6 is 0 Å². The summed E-state index contributed by atoms with van der Waals surface area (Å²) in [6, 6.07) is 12.2. The molecule has 39 nitrogen and oxygen atoms in total. The van der Waals surface area contributed by atoms with Crippen molar-refractivity contribution in [3.63, 3.8) is 0 Å². The molecule has 4 aromatic heterocycles. The van der Waals surface area contributed by atoms with Gasteiger partial charge in [-0.2, -0.15) is 9.44 Å². The summed E-state index contributed by atoms with van der Waals surface area (Å²) in [5, 5.41) is 48.1. The molecule has 1 unspecified atom stereocenters. The number of H-pyrrole nitrogens is 2. The fraction of sp³-hybridized carbons (Fsp3) is 0.465. The number of aromatic nitrogens is 6. The molecule has 0 aliphatic rings. The standard InChI is InChI=1S/C83H111N19O20S2.2CH3F.CH4.FH.H2/c1-51-39-53(3)75(54(4)40-51)123(117,118)99-64(80(113)114)47-95-77(110)61-49-101(66-43-57(13-15-59(66)73(61)108)45-97-82-91-29-30-92-82)33-7-23-85-69(104)19-21-71(106)88-26-10-36-121-35-9-25-87-68(103)18-17-63(84)79(112)90-28-12-38-122-37-11-27-89-72(107)22-20-70(105)86-24-8-34-102-50-62(74(109)60-16-14-58(44-67(60)102)46-98-83-93-31-32-94-83)78(111)96-48-65(81(115)116)100-124(119,120)76-55(5)41-52(2)42-56(76)6;2*1-2;;;/h13-16,29-32,39-44,49-50,63-65,99-100H,7-12,17-28,33-38,45-48,84H2,1-6H3,(H,85,104)(H,86,105)(H,87,103)(H,88,106)(H,89,107)(H,90,112)(H,95,110)(H,96,111)(H,113,114)(H,115,116)(H2,91,92,97)(H2,93,94,98);2*1H3;1H4;2*1H/t63?,64-,65-;;;;;/m0...../s1/i;;;;;1+2T/hT. The topological polar surface area (TPSA) is 570 Å². The highest BCUT2D eigenvalue weighted by Gasteiger charge is 2.32. The number of hydrogen-bond donors (Lipinski definition) is 17. The van der Waals surface area contributed by atoms with Crippen molar-refractivity contribution in [1.29, 1.82) is 1.45 Å². The van der Waals surface area contributed by atoms with Crippen LogP contribution in [-0.4, -0.2) is 228 Å². The number of imidazole rings is 2. The molecular weight excluding hydrogens is 1740 g/mol. The molecule has 8 amide bonds. The monoisotopic (exact) mass is 1870 g/mol.